The number of nitrogens with two attached hydrogens (primary N) is 1. The lowest BCUT2D eigenvalue weighted by Gasteiger charge is -2.31. The average molecular weight is 300 g/mol. The Morgan fingerprint density at radius 1 is 1.40 bits per heavy atom. The van der Waals surface area contributed by atoms with Crippen LogP contribution >= 0.6 is 0 Å². The number of nitrogen functional groups attached to an aromatic ring is 1. The van der Waals surface area contributed by atoms with Gasteiger partial charge in [0.05, 0.1) is 10.6 Å². The Labute approximate surface area is 118 Å². The molecule has 1 atom stereocenters. The largest absolute Gasteiger partial charge is 0.506 e. The van der Waals surface area contributed by atoms with Crippen molar-refractivity contribution in [2.45, 2.75) is 24.2 Å². The first-order chi connectivity index (χ1) is 9.45. The Balaban J connectivity index is 2.23. The molecule has 112 valence electrons. The van der Waals surface area contributed by atoms with E-state index in [1.807, 2.05) is 0 Å². The van der Waals surface area contributed by atoms with E-state index in [1.54, 1.807) is 0 Å². The molecule has 1 aromatic rings. The molecule has 2 rings (SSSR count). The summed E-state index contributed by atoms with van der Waals surface area (Å²) in [6.07, 6.45) is 2.34. The molecule has 0 aromatic heterocycles. The Morgan fingerprint density at radius 3 is 2.80 bits per heavy atom. The van der Waals surface area contributed by atoms with Gasteiger partial charge in [0.2, 0.25) is 10.0 Å². The van der Waals surface area contributed by atoms with Gasteiger partial charge in [0, 0.05) is 19.7 Å². The van der Waals surface area contributed by atoms with Crippen LogP contribution in [0, 0.1) is 5.92 Å². The van der Waals surface area contributed by atoms with Crippen LogP contribution in [-0.4, -0.2) is 42.6 Å². The van der Waals surface area contributed by atoms with Crippen molar-refractivity contribution < 1.29 is 18.6 Å². The van der Waals surface area contributed by atoms with Gasteiger partial charge in [-0.05, 0) is 43.4 Å². The highest BCUT2D eigenvalue weighted by Crippen LogP contribution is 2.28. The number of hydrogen-bond acceptors (Lipinski definition) is 5. The van der Waals surface area contributed by atoms with Crippen molar-refractivity contribution in [1.82, 2.24) is 4.31 Å². The Morgan fingerprint density at radius 2 is 2.15 bits per heavy atom. The third kappa shape index (κ3) is 3.05. The van der Waals surface area contributed by atoms with Gasteiger partial charge in [0.1, 0.15) is 5.75 Å². The van der Waals surface area contributed by atoms with Crippen molar-refractivity contribution in [2.75, 3.05) is 25.4 Å². The summed E-state index contributed by atoms with van der Waals surface area (Å²) in [6, 6.07) is 3.92. The van der Waals surface area contributed by atoms with Crippen LogP contribution in [-0.2, 0) is 10.0 Å². The molecule has 7 heteroatoms. The zero-order valence-corrected chi connectivity index (χ0v) is 12.0. The molecule has 1 aromatic carbocycles. The Bertz CT molecular complexity index is 572. The molecule has 1 aliphatic rings. The molecule has 1 fully saturated rings. The van der Waals surface area contributed by atoms with Gasteiger partial charge in [0.25, 0.3) is 0 Å². The number of aromatic hydroxyl groups is 1. The first-order valence-electron chi connectivity index (χ1n) is 6.64. The van der Waals surface area contributed by atoms with Crippen LogP contribution in [0.5, 0.6) is 5.75 Å². The minimum atomic E-state index is -3.59. The maximum absolute atomic E-state index is 12.5. The van der Waals surface area contributed by atoms with Gasteiger partial charge in [-0.15, -0.1) is 0 Å². The van der Waals surface area contributed by atoms with Crippen molar-refractivity contribution in [1.29, 1.82) is 0 Å². The molecule has 4 N–H and O–H groups in total. The monoisotopic (exact) mass is 300 g/mol. The maximum atomic E-state index is 12.5. The smallest absolute Gasteiger partial charge is 0.243 e. The van der Waals surface area contributed by atoms with E-state index in [2.05, 4.69) is 0 Å². The molecule has 20 heavy (non-hydrogen) atoms. The van der Waals surface area contributed by atoms with E-state index in [-0.39, 0.29) is 28.9 Å². The van der Waals surface area contributed by atoms with Crippen LogP contribution in [0.25, 0.3) is 0 Å². The van der Waals surface area contributed by atoms with E-state index in [0.717, 1.165) is 12.8 Å². The summed E-state index contributed by atoms with van der Waals surface area (Å²) >= 11 is 0. The zero-order valence-electron chi connectivity index (χ0n) is 11.2. The molecule has 0 bridgehead atoms. The number of nitrogens with zero attached hydrogens (tertiary/aromatic N) is 1. The normalized spacial score (nSPS) is 20.9. The van der Waals surface area contributed by atoms with Gasteiger partial charge in [0.15, 0.2) is 0 Å². The van der Waals surface area contributed by atoms with Gasteiger partial charge >= 0.3 is 0 Å². The average Bonchev–Trinajstić information content (AvgIpc) is 2.42. The predicted molar refractivity (Wildman–Crippen MR) is 75.7 cm³/mol. The minimum absolute atomic E-state index is 0.0509. The molecule has 1 saturated heterocycles. The highest BCUT2D eigenvalue weighted by Gasteiger charge is 2.30. The van der Waals surface area contributed by atoms with Gasteiger partial charge in [-0.3, -0.25) is 0 Å². The number of rotatable bonds is 4. The molecule has 1 aliphatic heterocycles. The molecular formula is C13H20N2O4S. The van der Waals surface area contributed by atoms with E-state index >= 15 is 0 Å². The number of hydrogen-bond donors (Lipinski definition) is 3. The summed E-state index contributed by atoms with van der Waals surface area (Å²) in [5.41, 5.74) is 5.61. The third-order valence-electron chi connectivity index (χ3n) is 3.66. The zero-order chi connectivity index (χ0) is 14.8. The van der Waals surface area contributed by atoms with Crippen LogP contribution in [0.2, 0.25) is 0 Å². The second-order valence-electron chi connectivity index (χ2n) is 5.10. The van der Waals surface area contributed by atoms with Crippen LogP contribution in [0.1, 0.15) is 19.3 Å². The van der Waals surface area contributed by atoms with E-state index in [1.165, 1.54) is 22.5 Å². The number of anilines is 1. The molecule has 0 amide bonds. The molecule has 1 unspecified atom stereocenters. The summed E-state index contributed by atoms with van der Waals surface area (Å²) in [5, 5.41) is 18.3. The number of sulfonamides is 1. The summed E-state index contributed by atoms with van der Waals surface area (Å²) in [4.78, 5) is 0.0949. The van der Waals surface area contributed by atoms with Crippen molar-refractivity contribution in [3.05, 3.63) is 18.2 Å². The number of piperidine rings is 1. The van der Waals surface area contributed by atoms with Crippen molar-refractivity contribution in [2.24, 2.45) is 5.92 Å². The van der Waals surface area contributed by atoms with Crippen LogP contribution in [0.4, 0.5) is 5.69 Å². The first-order valence-corrected chi connectivity index (χ1v) is 8.08. The minimum Gasteiger partial charge on any atom is -0.506 e. The lowest BCUT2D eigenvalue weighted by atomic mass is 9.97. The fraction of sp³-hybridized carbons (Fsp3) is 0.538. The van der Waals surface area contributed by atoms with Gasteiger partial charge in [-0.25, -0.2) is 8.42 Å². The highest BCUT2D eigenvalue weighted by molar-refractivity contribution is 7.89. The van der Waals surface area contributed by atoms with Crippen molar-refractivity contribution >= 4 is 15.7 Å². The predicted octanol–water partition coefficient (Wildman–Crippen LogP) is 0.757. The Kier molecular flexibility index (Phi) is 4.52. The van der Waals surface area contributed by atoms with Crippen molar-refractivity contribution in [3.63, 3.8) is 0 Å². The van der Waals surface area contributed by atoms with E-state index in [0.29, 0.717) is 19.5 Å². The van der Waals surface area contributed by atoms with Gasteiger partial charge in [-0.2, -0.15) is 4.31 Å². The molecule has 0 aliphatic carbocycles. The van der Waals surface area contributed by atoms with E-state index in [4.69, 9.17) is 10.8 Å². The fourth-order valence-corrected chi connectivity index (χ4v) is 4.10. The summed E-state index contributed by atoms with van der Waals surface area (Å²) < 4.78 is 26.5. The van der Waals surface area contributed by atoms with E-state index < -0.39 is 10.0 Å². The topological polar surface area (TPSA) is 104 Å². The van der Waals surface area contributed by atoms with Crippen molar-refractivity contribution in [3.8, 4) is 5.75 Å². The Hall–Kier alpha value is -1.31. The second-order valence-corrected chi connectivity index (χ2v) is 7.04. The standard InChI is InChI=1S/C13H20N2O4S/c14-12-8-11(3-4-13(12)17)20(18,19)15-6-1-2-10(9-15)5-7-16/h3-4,8,10,16-17H,1-2,5-7,9,14H2. The second kappa shape index (κ2) is 5.99. The lowest BCUT2D eigenvalue weighted by molar-refractivity contribution is 0.203. The van der Waals surface area contributed by atoms with Crippen LogP contribution in [0.15, 0.2) is 23.1 Å². The molecule has 0 radical (unpaired) electrons. The van der Waals surface area contributed by atoms with Crippen LogP contribution < -0.4 is 5.73 Å². The summed E-state index contributed by atoms with van der Waals surface area (Å²) in [5.74, 6) is 0.0683. The highest BCUT2D eigenvalue weighted by atomic mass is 32.2. The number of benzene rings is 1. The summed E-state index contributed by atoms with van der Waals surface area (Å²) in [7, 11) is -3.59. The molecule has 1 heterocycles. The van der Waals surface area contributed by atoms with E-state index in [9.17, 15) is 13.5 Å². The molecule has 6 nitrogen and oxygen atoms in total. The third-order valence-corrected chi connectivity index (χ3v) is 5.52. The maximum Gasteiger partial charge on any atom is 0.243 e. The lowest BCUT2D eigenvalue weighted by Crippen LogP contribution is -2.40. The van der Waals surface area contributed by atoms with Gasteiger partial charge < -0.3 is 15.9 Å². The number of phenols is 1. The molecule has 0 saturated carbocycles. The molecule has 0 spiro atoms. The number of aliphatic hydroxyl groups is 1. The quantitative estimate of drug-likeness (QED) is 0.562. The van der Waals surface area contributed by atoms with Crippen LogP contribution in [0.3, 0.4) is 0 Å². The fourth-order valence-electron chi connectivity index (χ4n) is 2.51. The number of aliphatic hydroxyl groups excluding tert-OH is 1. The first kappa shape index (κ1) is 15.1. The number of phenolic OH excluding ortho intramolecular Hbond substituents is 1. The molecular weight excluding hydrogens is 280 g/mol. The SMILES string of the molecule is Nc1cc(S(=O)(=O)N2CCCC(CCO)C2)ccc1O. The summed E-state index contributed by atoms with van der Waals surface area (Å²) in [6.45, 7) is 0.972. The van der Waals surface area contributed by atoms with Gasteiger partial charge in [-0.1, -0.05) is 0 Å².